The van der Waals surface area contributed by atoms with E-state index >= 15 is 0 Å². The highest BCUT2D eigenvalue weighted by molar-refractivity contribution is 6.32. The Morgan fingerprint density at radius 1 is 1.44 bits per heavy atom. The molecule has 84 valence electrons. The standard InChI is InChI=1S/C12H11ClFNO/c1-15-10(6-3-7-11(15)16)12-8(13)4-2-5-9(12)14/h2,4-6H,3,7H2,1H3. The average molecular weight is 240 g/mol. The fraction of sp³-hybridized carbons (Fsp3) is 0.250. The van der Waals surface area contributed by atoms with E-state index < -0.39 is 5.82 Å². The number of carbonyl (C=O) groups is 1. The van der Waals surface area contributed by atoms with E-state index in [1.54, 1.807) is 19.2 Å². The van der Waals surface area contributed by atoms with Gasteiger partial charge in [-0.3, -0.25) is 4.79 Å². The predicted octanol–water partition coefficient (Wildman–Crippen LogP) is 3.07. The van der Waals surface area contributed by atoms with Crippen LogP contribution in [0.25, 0.3) is 5.70 Å². The molecule has 0 radical (unpaired) electrons. The molecule has 4 heteroatoms. The van der Waals surface area contributed by atoms with E-state index in [-0.39, 0.29) is 5.91 Å². The van der Waals surface area contributed by atoms with Crippen LogP contribution in [-0.2, 0) is 4.79 Å². The van der Waals surface area contributed by atoms with Gasteiger partial charge in [-0.25, -0.2) is 4.39 Å². The number of rotatable bonds is 1. The molecule has 0 aliphatic carbocycles. The first-order valence-electron chi connectivity index (χ1n) is 5.02. The van der Waals surface area contributed by atoms with Gasteiger partial charge in [-0.1, -0.05) is 23.7 Å². The first-order chi connectivity index (χ1) is 7.61. The molecule has 0 aromatic heterocycles. The highest BCUT2D eigenvalue weighted by Crippen LogP contribution is 2.31. The van der Waals surface area contributed by atoms with Crippen LogP contribution in [0.3, 0.4) is 0 Å². The van der Waals surface area contributed by atoms with Gasteiger partial charge in [0, 0.05) is 13.5 Å². The molecule has 1 aromatic rings. The third-order valence-corrected chi connectivity index (χ3v) is 2.97. The maximum absolute atomic E-state index is 13.7. The molecule has 16 heavy (non-hydrogen) atoms. The molecule has 1 aromatic carbocycles. The molecular weight excluding hydrogens is 229 g/mol. The molecule has 0 saturated heterocycles. The summed E-state index contributed by atoms with van der Waals surface area (Å²) < 4.78 is 13.7. The van der Waals surface area contributed by atoms with E-state index in [0.29, 0.717) is 29.1 Å². The first kappa shape index (κ1) is 11.1. The van der Waals surface area contributed by atoms with Gasteiger partial charge in [0.15, 0.2) is 0 Å². The Morgan fingerprint density at radius 3 is 2.88 bits per heavy atom. The van der Waals surface area contributed by atoms with Crippen molar-refractivity contribution in [2.24, 2.45) is 0 Å². The zero-order valence-electron chi connectivity index (χ0n) is 8.84. The fourth-order valence-corrected chi connectivity index (χ4v) is 2.04. The molecule has 2 rings (SSSR count). The normalized spacial score (nSPS) is 16.3. The third kappa shape index (κ3) is 1.83. The van der Waals surface area contributed by atoms with Crippen LogP contribution in [0.4, 0.5) is 4.39 Å². The van der Waals surface area contributed by atoms with Gasteiger partial charge in [0.25, 0.3) is 0 Å². The molecule has 1 amide bonds. The summed E-state index contributed by atoms with van der Waals surface area (Å²) in [7, 11) is 1.64. The number of hydrogen-bond donors (Lipinski definition) is 0. The molecule has 2 nitrogen and oxygen atoms in total. The molecule has 0 bridgehead atoms. The van der Waals surface area contributed by atoms with Crippen LogP contribution in [-0.4, -0.2) is 17.9 Å². The van der Waals surface area contributed by atoms with Gasteiger partial charge >= 0.3 is 0 Å². The van der Waals surface area contributed by atoms with Gasteiger partial charge in [0.1, 0.15) is 5.82 Å². The number of amides is 1. The van der Waals surface area contributed by atoms with E-state index in [1.165, 1.54) is 11.0 Å². The minimum Gasteiger partial charge on any atom is -0.315 e. The van der Waals surface area contributed by atoms with Gasteiger partial charge in [0.05, 0.1) is 16.3 Å². The number of nitrogens with zero attached hydrogens (tertiary/aromatic N) is 1. The monoisotopic (exact) mass is 239 g/mol. The van der Waals surface area contributed by atoms with E-state index in [2.05, 4.69) is 0 Å². The van der Waals surface area contributed by atoms with E-state index in [0.717, 1.165) is 0 Å². The maximum atomic E-state index is 13.7. The van der Waals surface area contributed by atoms with Crippen LogP contribution in [0.2, 0.25) is 5.02 Å². The van der Waals surface area contributed by atoms with Crippen LogP contribution in [0.5, 0.6) is 0 Å². The van der Waals surface area contributed by atoms with Crippen LogP contribution in [0.15, 0.2) is 24.3 Å². The van der Waals surface area contributed by atoms with Crippen LogP contribution in [0, 0.1) is 5.82 Å². The Morgan fingerprint density at radius 2 is 2.19 bits per heavy atom. The fourth-order valence-electron chi connectivity index (χ4n) is 1.78. The van der Waals surface area contributed by atoms with E-state index in [1.807, 2.05) is 6.08 Å². The zero-order valence-corrected chi connectivity index (χ0v) is 9.59. The second-order valence-electron chi connectivity index (χ2n) is 3.68. The Labute approximate surface area is 98.3 Å². The molecule has 0 saturated carbocycles. The lowest BCUT2D eigenvalue weighted by molar-refractivity contribution is -0.127. The Bertz CT molecular complexity index is 450. The zero-order chi connectivity index (χ0) is 11.7. The molecule has 0 fully saturated rings. The lowest BCUT2D eigenvalue weighted by Gasteiger charge is -2.25. The molecule has 0 N–H and O–H groups in total. The minimum atomic E-state index is -0.402. The van der Waals surface area contributed by atoms with Gasteiger partial charge in [-0.15, -0.1) is 0 Å². The topological polar surface area (TPSA) is 20.3 Å². The maximum Gasteiger partial charge on any atom is 0.227 e. The SMILES string of the molecule is CN1C(=O)CCC=C1c1c(F)cccc1Cl. The van der Waals surface area contributed by atoms with E-state index in [4.69, 9.17) is 11.6 Å². The smallest absolute Gasteiger partial charge is 0.227 e. The van der Waals surface area contributed by atoms with Crippen molar-refractivity contribution in [3.8, 4) is 0 Å². The van der Waals surface area contributed by atoms with Crippen LogP contribution < -0.4 is 0 Å². The Kier molecular flexibility index (Phi) is 2.97. The summed E-state index contributed by atoms with van der Waals surface area (Å²) >= 11 is 5.96. The molecule has 0 spiro atoms. The summed E-state index contributed by atoms with van der Waals surface area (Å²) in [6.45, 7) is 0. The third-order valence-electron chi connectivity index (χ3n) is 2.65. The largest absolute Gasteiger partial charge is 0.315 e. The van der Waals surface area contributed by atoms with Crippen LogP contribution >= 0.6 is 11.6 Å². The molecular formula is C12H11ClFNO. The molecule has 1 aliphatic rings. The number of carbonyl (C=O) groups excluding carboxylic acids is 1. The summed E-state index contributed by atoms with van der Waals surface area (Å²) in [5, 5.41) is 0.327. The van der Waals surface area contributed by atoms with Gasteiger partial charge < -0.3 is 4.90 Å². The van der Waals surface area contributed by atoms with Crippen molar-refractivity contribution < 1.29 is 9.18 Å². The molecule has 1 aliphatic heterocycles. The average Bonchev–Trinajstić information content (AvgIpc) is 2.24. The lowest BCUT2D eigenvalue weighted by atomic mass is 10.0. The summed E-state index contributed by atoms with van der Waals surface area (Å²) in [6.07, 6.45) is 2.93. The predicted molar refractivity (Wildman–Crippen MR) is 61.4 cm³/mol. The molecule has 0 unspecified atom stereocenters. The highest BCUT2D eigenvalue weighted by Gasteiger charge is 2.22. The first-order valence-corrected chi connectivity index (χ1v) is 5.40. The Balaban J connectivity index is 2.52. The lowest BCUT2D eigenvalue weighted by Crippen LogP contribution is -2.28. The van der Waals surface area contributed by atoms with Crippen molar-refractivity contribution in [3.63, 3.8) is 0 Å². The van der Waals surface area contributed by atoms with E-state index in [9.17, 15) is 9.18 Å². The van der Waals surface area contributed by atoms with Crippen molar-refractivity contribution in [3.05, 3.63) is 40.7 Å². The van der Waals surface area contributed by atoms with Gasteiger partial charge in [0.2, 0.25) is 5.91 Å². The van der Waals surface area contributed by atoms with Crippen molar-refractivity contribution in [1.82, 2.24) is 4.90 Å². The van der Waals surface area contributed by atoms with Crippen molar-refractivity contribution in [1.29, 1.82) is 0 Å². The number of hydrogen-bond acceptors (Lipinski definition) is 1. The van der Waals surface area contributed by atoms with Crippen LogP contribution in [0.1, 0.15) is 18.4 Å². The summed E-state index contributed by atoms with van der Waals surface area (Å²) in [5.74, 6) is -0.419. The van der Waals surface area contributed by atoms with Crippen molar-refractivity contribution >= 4 is 23.2 Å². The second-order valence-corrected chi connectivity index (χ2v) is 4.08. The van der Waals surface area contributed by atoms with Crippen molar-refractivity contribution in [2.45, 2.75) is 12.8 Å². The number of allylic oxidation sites excluding steroid dienone is 1. The summed E-state index contributed by atoms with van der Waals surface area (Å²) in [4.78, 5) is 13.0. The molecule has 1 heterocycles. The summed E-state index contributed by atoms with van der Waals surface area (Å²) in [6, 6.07) is 4.51. The summed E-state index contributed by atoms with van der Waals surface area (Å²) in [5.41, 5.74) is 0.860. The quantitative estimate of drug-likeness (QED) is 0.738. The van der Waals surface area contributed by atoms with Gasteiger partial charge in [-0.2, -0.15) is 0 Å². The number of benzene rings is 1. The van der Waals surface area contributed by atoms with Gasteiger partial charge in [-0.05, 0) is 18.6 Å². The van der Waals surface area contributed by atoms with Crippen molar-refractivity contribution in [2.75, 3.05) is 7.05 Å². The Hall–Kier alpha value is -1.35. The second kappa shape index (κ2) is 4.26. The minimum absolute atomic E-state index is 0.0168. The highest BCUT2D eigenvalue weighted by atomic mass is 35.5. The molecule has 0 atom stereocenters. The number of halogens is 2.